The summed E-state index contributed by atoms with van der Waals surface area (Å²) in [7, 11) is 0. The number of rotatable bonds is 2. The Labute approximate surface area is 74.9 Å². The Bertz CT molecular complexity index is 367. The van der Waals surface area contributed by atoms with Crippen LogP contribution in [0.4, 0.5) is 0 Å². The van der Waals surface area contributed by atoms with Crippen LogP contribution in [0.5, 0.6) is 0 Å². The third-order valence-corrected chi connectivity index (χ3v) is 1.69. The molecule has 0 amide bonds. The molecule has 0 atom stereocenters. The van der Waals surface area contributed by atoms with E-state index in [1.54, 1.807) is 24.5 Å². The second-order valence-corrected chi connectivity index (χ2v) is 2.58. The first kappa shape index (κ1) is 7.94. The van der Waals surface area contributed by atoms with E-state index in [4.69, 9.17) is 9.52 Å². The Hall–Kier alpha value is -1.68. The van der Waals surface area contributed by atoms with Crippen LogP contribution < -0.4 is 0 Å². The molecule has 0 saturated carbocycles. The van der Waals surface area contributed by atoms with Crippen molar-refractivity contribution in [1.29, 1.82) is 0 Å². The van der Waals surface area contributed by atoms with Gasteiger partial charge in [0.25, 0.3) is 0 Å². The Kier molecular flexibility index (Phi) is 2.06. The van der Waals surface area contributed by atoms with Crippen LogP contribution in [0.15, 0.2) is 35.3 Å². The van der Waals surface area contributed by atoms with Crippen molar-refractivity contribution < 1.29 is 9.52 Å². The third kappa shape index (κ3) is 1.57. The molecule has 0 unspecified atom stereocenters. The minimum atomic E-state index is 0.00366. The summed E-state index contributed by atoms with van der Waals surface area (Å²) in [5.74, 6) is 0.629. The number of hydrogen-bond acceptors (Lipinski definition) is 4. The highest BCUT2D eigenvalue weighted by Crippen LogP contribution is 2.15. The molecule has 2 aromatic rings. The summed E-state index contributed by atoms with van der Waals surface area (Å²) in [6.45, 7) is 0.00366. The third-order valence-electron chi connectivity index (χ3n) is 1.69. The predicted octanol–water partition coefficient (Wildman–Crippen LogP) is 1.23. The van der Waals surface area contributed by atoms with E-state index in [2.05, 4.69) is 9.97 Å². The van der Waals surface area contributed by atoms with Gasteiger partial charge >= 0.3 is 0 Å². The van der Waals surface area contributed by atoms with Gasteiger partial charge in [-0.15, -0.1) is 0 Å². The van der Waals surface area contributed by atoms with Crippen LogP contribution >= 0.6 is 0 Å². The van der Waals surface area contributed by atoms with Gasteiger partial charge in [-0.25, -0.2) is 4.98 Å². The quantitative estimate of drug-likeness (QED) is 0.747. The molecule has 13 heavy (non-hydrogen) atoms. The smallest absolute Gasteiger partial charge is 0.181 e. The number of aliphatic hydroxyl groups excluding tert-OH is 1. The summed E-state index contributed by atoms with van der Waals surface area (Å²) in [5.41, 5.74) is 1.50. The predicted molar refractivity (Wildman–Crippen MR) is 45.7 cm³/mol. The molecular weight excluding hydrogens is 168 g/mol. The van der Waals surface area contributed by atoms with Gasteiger partial charge in [-0.2, -0.15) is 0 Å². The highest BCUT2D eigenvalue weighted by molar-refractivity contribution is 5.50. The van der Waals surface area contributed by atoms with Gasteiger partial charge in [0.05, 0.1) is 12.8 Å². The molecule has 0 radical (unpaired) electrons. The minimum Gasteiger partial charge on any atom is -0.442 e. The fourth-order valence-electron chi connectivity index (χ4n) is 1.01. The summed E-state index contributed by atoms with van der Waals surface area (Å²) in [6.07, 6.45) is 4.57. The minimum absolute atomic E-state index is 0.00366. The van der Waals surface area contributed by atoms with Crippen molar-refractivity contribution in [2.45, 2.75) is 6.61 Å². The van der Waals surface area contributed by atoms with Crippen LogP contribution in [0.2, 0.25) is 0 Å². The van der Waals surface area contributed by atoms with Crippen molar-refractivity contribution >= 4 is 0 Å². The van der Waals surface area contributed by atoms with Crippen molar-refractivity contribution in [3.8, 4) is 11.5 Å². The molecule has 0 spiro atoms. The molecule has 2 heterocycles. The van der Waals surface area contributed by atoms with Gasteiger partial charge in [0.1, 0.15) is 5.69 Å². The lowest BCUT2D eigenvalue weighted by Crippen LogP contribution is -1.86. The number of aliphatic hydroxyl groups is 1. The highest BCUT2D eigenvalue weighted by Gasteiger charge is 2.01. The van der Waals surface area contributed by atoms with Gasteiger partial charge in [0, 0.05) is 6.20 Å². The summed E-state index contributed by atoms with van der Waals surface area (Å²) in [5, 5.41) is 8.78. The first-order chi connectivity index (χ1) is 6.40. The van der Waals surface area contributed by atoms with Gasteiger partial charge in [-0.05, 0) is 11.6 Å². The van der Waals surface area contributed by atoms with Crippen molar-refractivity contribution in [3.63, 3.8) is 0 Å². The maximum Gasteiger partial charge on any atom is 0.181 e. The van der Waals surface area contributed by atoms with E-state index in [-0.39, 0.29) is 6.61 Å². The zero-order chi connectivity index (χ0) is 9.10. The van der Waals surface area contributed by atoms with E-state index < -0.39 is 0 Å². The molecule has 4 heteroatoms. The molecule has 0 bridgehead atoms. The van der Waals surface area contributed by atoms with E-state index >= 15 is 0 Å². The Balaban J connectivity index is 2.33. The molecular formula is C9H8N2O2. The standard InChI is InChI=1S/C9H8N2O2/c12-5-7-1-2-8(11-3-7)9-4-10-6-13-9/h1-4,6,12H,5H2. The second kappa shape index (κ2) is 3.37. The summed E-state index contributed by atoms with van der Waals surface area (Å²) in [4.78, 5) is 7.88. The number of hydrogen-bond donors (Lipinski definition) is 1. The van der Waals surface area contributed by atoms with E-state index in [0.29, 0.717) is 5.76 Å². The van der Waals surface area contributed by atoms with Crippen molar-refractivity contribution in [1.82, 2.24) is 9.97 Å². The molecule has 0 aromatic carbocycles. The Morgan fingerprint density at radius 3 is 2.77 bits per heavy atom. The normalized spacial score (nSPS) is 10.2. The van der Waals surface area contributed by atoms with Gasteiger partial charge in [0.15, 0.2) is 12.2 Å². The van der Waals surface area contributed by atoms with E-state index in [9.17, 15) is 0 Å². The van der Waals surface area contributed by atoms with E-state index in [0.717, 1.165) is 11.3 Å². The average molecular weight is 176 g/mol. The lowest BCUT2D eigenvalue weighted by molar-refractivity contribution is 0.281. The molecule has 1 N–H and O–H groups in total. The van der Waals surface area contributed by atoms with Gasteiger partial charge in [-0.1, -0.05) is 6.07 Å². The van der Waals surface area contributed by atoms with Crippen LogP contribution in [0.25, 0.3) is 11.5 Å². The van der Waals surface area contributed by atoms with Crippen LogP contribution in [-0.4, -0.2) is 15.1 Å². The van der Waals surface area contributed by atoms with Gasteiger partial charge in [0.2, 0.25) is 0 Å². The fraction of sp³-hybridized carbons (Fsp3) is 0.111. The van der Waals surface area contributed by atoms with Crippen molar-refractivity contribution in [2.75, 3.05) is 0 Å². The fourth-order valence-corrected chi connectivity index (χ4v) is 1.01. The molecule has 66 valence electrons. The first-order valence-electron chi connectivity index (χ1n) is 3.85. The van der Waals surface area contributed by atoms with E-state index in [1.807, 2.05) is 0 Å². The van der Waals surface area contributed by atoms with Crippen LogP contribution in [0, 0.1) is 0 Å². The molecule has 0 aliphatic carbocycles. The maximum absolute atomic E-state index is 8.78. The van der Waals surface area contributed by atoms with Crippen LogP contribution in [0.3, 0.4) is 0 Å². The first-order valence-corrected chi connectivity index (χ1v) is 3.85. The number of pyridine rings is 1. The van der Waals surface area contributed by atoms with Gasteiger partial charge < -0.3 is 9.52 Å². The average Bonchev–Trinajstić information content (AvgIpc) is 2.71. The lowest BCUT2D eigenvalue weighted by atomic mass is 10.2. The van der Waals surface area contributed by atoms with Crippen molar-refractivity contribution in [3.05, 3.63) is 36.5 Å². The lowest BCUT2D eigenvalue weighted by Gasteiger charge is -1.96. The molecule has 0 aliphatic heterocycles. The zero-order valence-electron chi connectivity index (χ0n) is 6.84. The van der Waals surface area contributed by atoms with Crippen LogP contribution in [-0.2, 0) is 6.61 Å². The largest absolute Gasteiger partial charge is 0.442 e. The number of oxazole rings is 1. The molecule has 0 aliphatic rings. The van der Waals surface area contributed by atoms with E-state index in [1.165, 1.54) is 6.39 Å². The summed E-state index contributed by atoms with van der Waals surface area (Å²) in [6, 6.07) is 3.58. The second-order valence-electron chi connectivity index (χ2n) is 2.58. The zero-order valence-corrected chi connectivity index (χ0v) is 6.84. The number of nitrogens with zero attached hydrogens (tertiary/aromatic N) is 2. The summed E-state index contributed by atoms with van der Waals surface area (Å²) >= 11 is 0. The number of aromatic nitrogens is 2. The highest BCUT2D eigenvalue weighted by atomic mass is 16.3. The molecule has 2 rings (SSSR count). The Morgan fingerprint density at radius 2 is 2.23 bits per heavy atom. The summed E-state index contributed by atoms with van der Waals surface area (Å²) < 4.78 is 5.06. The molecule has 2 aromatic heterocycles. The molecule has 0 saturated heterocycles. The SMILES string of the molecule is OCc1ccc(-c2cnco2)nc1. The topological polar surface area (TPSA) is 59.2 Å². The monoisotopic (exact) mass is 176 g/mol. The van der Waals surface area contributed by atoms with Crippen LogP contribution in [0.1, 0.15) is 5.56 Å². The van der Waals surface area contributed by atoms with Crippen molar-refractivity contribution in [2.24, 2.45) is 0 Å². The van der Waals surface area contributed by atoms with Gasteiger partial charge in [-0.3, -0.25) is 4.98 Å². The molecule has 4 nitrogen and oxygen atoms in total. The maximum atomic E-state index is 8.78. The molecule has 0 fully saturated rings. The Morgan fingerprint density at radius 1 is 1.31 bits per heavy atom.